The normalized spacial score (nSPS) is 11.7. The molecule has 1 rings (SSSR count). The highest BCUT2D eigenvalue weighted by Crippen LogP contribution is 2.08. The van der Waals surface area contributed by atoms with Gasteiger partial charge in [-0.15, -0.1) is 0 Å². The van der Waals surface area contributed by atoms with Crippen molar-refractivity contribution >= 4 is 12.0 Å². The Labute approximate surface area is 125 Å². The Kier molecular flexibility index (Phi) is 7.94. The lowest BCUT2D eigenvalue weighted by Crippen LogP contribution is -2.37. The number of rotatable bonds is 9. The van der Waals surface area contributed by atoms with E-state index in [1.54, 1.807) is 0 Å². The van der Waals surface area contributed by atoms with Crippen LogP contribution in [0.1, 0.15) is 31.7 Å². The molecule has 5 heteroatoms. The van der Waals surface area contributed by atoms with Gasteiger partial charge < -0.3 is 15.7 Å². The molecule has 1 atom stereocenters. The first kappa shape index (κ1) is 17.0. The molecule has 116 valence electrons. The van der Waals surface area contributed by atoms with E-state index >= 15 is 0 Å². The number of carbonyl (C=O) groups is 2. The first-order chi connectivity index (χ1) is 10.1. The van der Waals surface area contributed by atoms with Crippen LogP contribution in [0.3, 0.4) is 0 Å². The number of hydrogen-bond donors (Lipinski definition) is 3. The number of carboxylic acid groups (broad SMARTS) is 1. The molecule has 3 N–H and O–H groups in total. The van der Waals surface area contributed by atoms with Crippen molar-refractivity contribution in [1.29, 1.82) is 0 Å². The number of hydrogen-bond acceptors (Lipinski definition) is 2. The van der Waals surface area contributed by atoms with Gasteiger partial charge in [-0.3, -0.25) is 4.79 Å². The molecule has 1 aromatic carbocycles. The first-order valence-electron chi connectivity index (χ1n) is 7.35. The number of amides is 2. The molecule has 5 nitrogen and oxygen atoms in total. The minimum atomic E-state index is -0.770. The Morgan fingerprint density at radius 1 is 1.10 bits per heavy atom. The SMILES string of the molecule is CC(CCNC(=O)NCCc1ccccc1)CCC(=O)O. The Hall–Kier alpha value is -2.04. The Morgan fingerprint density at radius 3 is 2.43 bits per heavy atom. The summed E-state index contributed by atoms with van der Waals surface area (Å²) in [6.45, 7) is 3.17. The molecule has 0 saturated carbocycles. The zero-order chi connectivity index (χ0) is 15.5. The van der Waals surface area contributed by atoms with Gasteiger partial charge in [0.2, 0.25) is 0 Å². The lowest BCUT2D eigenvalue weighted by Gasteiger charge is -2.11. The number of urea groups is 1. The number of aliphatic carboxylic acids is 1. The molecule has 2 amide bonds. The van der Waals surface area contributed by atoms with Gasteiger partial charge in [-0.05, 0) is 30.7 Å². The standard InChI is InChI=1S/C16H24N2O3/c1-13(7-8-15(19)20)9-11-17-16(21)18-12-10-14-5-3-2-4-6-14/h2-6,13H,7-12H2,1H3,(H,19,20)(H2,17,18,21). The van der Waals surface area contributed by atoms with E-state index in [1.807, 2.05) is 37.3 Å². The van der Waals surface area contributed by atoms with E-state index in [4.69, 9.17) is 5.11 Å². The lowest BCUT2D eigenvalue weighted by atomic mass is 10.0. The van der Waals surface area contributed by atoms with Crippen LogP contribution >= 0.6 is 0 Å². The molecule has 0 aliphatic rings. The molecule has 0 spiro atoms. The first-order valence-corrected chi connectivity index (χ1v) is 7.35. The predicted molar refractivity (Wildman–Crippen MR) is 82.2 cm³/mol. The Morgan fingerprint density at radius 2 is 1.76 bits per heavy atom. The molecule has 0 heterocycles. The minimum Gasteiger partial charge on any atom is -0.481 e. The van der Waals surface area contributed by atoms with Gasteiger partial charge >= 0.3 is 12.0 Å². The summed E-state index contributed by atoms with van der Waals surface area (Å²) in [5.74, 6) is -0.473. The summed E-state index contributed by atoms with van der Waals surface area (Å²) >= 11 is 0. The van der Waals surface area contributed by atoms with Crippen LogP contribution in [0.2, 0.25) is 0 Å². The zero-order valence-corrected chi connectivity index (χ0v) is 12.5. The van der Waals surface area contributed by atoms with Crippen LogP contribution in [0.5, 0.6) is 0 Å². The van der Waals surface area contributed by atoms with E-state index in [0.717, 1.165) is 12.8 Å². The smallest absolute Gasteiger partial charge is 0.314 e. The molecule has 1 aromatic rings. The molecule has 0 fully saturated rings. The summed E-state index contributed by atoms with van der Waals surface area (Å²) in [7, 11) is 0. The van der Waals surface area contributed by atoms with Crippen molar-refractivity contribution in [2.24, 2.45) is 5.92 Å². The highest BCUT2D eigenvalue weighted by molar-refractivity contribution is 5.73. The van der Waals surface area contributed by atoms with E-state index in [1.165, 1.54) is 5.56 Å². The number of nitrogens with one attached hydrogen (secondary N) is 2. The summed E-state index contributed by atoms with van der Waals surface area (Å²) in [4.78, 5) is 22.0. The maximum atomic E-state index is 11.6. The summed E-state index contributed by atoms with van der Waals surface area (Å²) in [5, 5.41) is 14.2. The van der Waals surface area contributed by atoms with E-state index in [0.29, 0.717) is 25.4 Å². The maximum absolute atomic E-state index is 11.6. The fourth-order valence-corrected chi connectivity index (χ4v) is 1.97. The molecule has 0 saturated heterocycles. The molecule has 21 heavy (non-hydrogen) atoms. The Balaban J connectivity index is 2.05. The average Bonchev–Trinajstić information content (AvgIpc) is 2.46. The fraction of sp³-hybridized carbons (Fsp3) is 0.500. The van der Waals surface area contributed by atoms with E-state index in [2.05, 4.69) is 10.6 Å². The van der Waals surface area contributed by atoms with Crippen molar-refractivity contribution in [3.8, 4) is 0 Å². The molecule has 0 radical (unpaired) electrons. The molecular formula is C16H24N2O3. The fourth-order valence-electron chi connectivity index (χ4n) is 1.97. The van der Waals surface area contributed by atoms with Crippen LogP contribution in [-0.4, -0.2) is 30.2 Å². The van der Waals surface area contributed by atoms with Gasteiger partial charge in [0.15, 0.2) is 0 Å². The Bertz CT molecular complexity index is 434. The van der Waals surface area contributed by atoms with Gasteiger partial charge in [-0.25, -0.2) is 4.79 Å². The van der Waals surface area contributed by atoms with Crippen molar-refractivity contribution in [1.82, 2.24) is 10.6 Å². The lowest BCUT2D eigenvalue weighted by molar-refractivity contribution is -0.137. The summed E-state index contributed by atoms with van der Waals surface area (Å²) in [6, 6.07) is 9.82. The van der Waals surface area contributed by atoms with E-state index < -0.39 is 5.97 Å². The van der Waals surface area contributed by atoms with Crippen molar-refractivity contribution in [3.63, 3.8) is 0 Å². The number of carbonyl (C=O) groups excluding carboxylic acids is 1. The van der Waals surface area contributed by atoms with E-state index in [-0.39, 0.29) is 12.5 Å². The van der Waals surface area contributed by atoms with Gasteiger partial charge in [0.25, 0.3) is 0 Å². The third-order valence-corrected chi connectivity index (χ3v) is 3.32. The quantitative estimate of drug-likeness (QED) is 0.654. The maximum Gasteiger partial charge on any atom is 0.314 e. The third kappa shape index (κ3) is 8.68. The molecule has 0 aliphatic heterocycles. The van der Waals surface area contributed by atoms with Gasteiger partial charge in [0, 0.05) is 19.5 Å². The predicted octanol–water partition coefficient (Wildman–Crippen LogP) is 2.42. The summed E-state index contributed by atoms with van der Waals surface area (Å²) < 4.78 is 0. The second kappa shape index (κ2) is 9.80. The number of carboxylic acids is 1. The van der Waals surface area contributed by atoms with Crippen molar-refractivity contribution in [2.75, 3.05) is 13.1 Å². The van der Waals surface area contributed by atoms with Gasteiger partial charge in [-0.1, -0.05) is 37.3 Å². The summed E-state index contributed by atoms with van der Waals surface area (Å²) in [5.41, 5.74) is 1.19. The number of benzene rings is 1. The highest BCUT2D eigenvalue weighted by atomic mass is 16.4. The average molecular weight is 292 g/mol. The monoisotopic (exact) mass is 292 g/mol. The highest BCUT2D eigenvalue weighted by Gasteiger charge is 2.06. The summed E-state index contributed by atoms with van der Waals surface area (Å²) in [6.07, 6.45) is 2.43. The van der Waals surface area contributed by atoms with Crippen LogP contribution in [0, 0.1) is 5.92 Å². The van der Waals surface area contributed by atoms with Crippen LogP contribution in [-0.2, 0) is 11.2 Å². The van der Waals surface area contributed by atoms with Gasteiger partial charge in [-0.2, -0.15) is 0 Å². The van der Waals surface area contributed by atoms with E-state index in [9.17, 15) is 9.59 Å². The van der Waals surface area contributed by atoms with Crippen LogP contribution in [0.25, 0.3) is 0 Å². The van der Waals surface area contributed by atoms with Gasteiger partial charge in [0.05, 0.1) is 0 Å². The molecule has 0 bridgehead atoms. The molecule has 0 aliphatic carbocycles. The molecule has 0 aromatic heterocycles. The van der Waals surface area contributed by atoms with Crippen molar-refractivity contribution in [2.45, 2.75) is 32.6 Å². The van der Waals surface area contributed by atoms with Crippen LogP contribution < -0.4 is 10.6 Å². The van der Waals surface area contributed by atoms with Crippen LogP contribution in [0.15, 0.2) is 30.3 Å². The zero-order valence-electron chi connectivity index (χ0n) is 12.5. The third-order valence-electron chi connectivity index (χ3n) is 3.32. The molecule has 1 unspecified atom stereocenters. The van der Waals surface area contributed by atoms with Crippen molar-refractivity contribution in [3.05, 3.63) is 35.9 Å². The second-order valence-electron chi connectivity index (χ2n) is 5.24. The second-order valence-corrected chi connectivity index (χ2v) is 5.24. The topological polar surface area (TPSA) is 78.4 Å². The minimum absolute atomic E-state index is 0.170. The van der Waals surface area contributed by atoms with Crippen molar-refractivity contribution < 1.29 is 14.7 Å². The van der Waals surface area contributed by atoms with Crippen LogP contribution in [0.4, 0.5) is 4.79 Å². The van der Waals surface area contributed by atoms with Gasteiger partial charge in [0.1, 0.15) is 0 Å². The largest absolute Gasteiger partial charge is 0.481 e. The molecular weight excluding hydrogens is 268 g/mol.